The molecule has 0 saturated heterocycles. The van der Waals surface area contributed by atoms with Gasteiger partial charge in [-0.25, -0.2) is 9.97 Å². The van der Waals surface area contributed by atoms with E-state index in [9.17, 15) is 0 Å². The molecular weight excluding hydrogens is 204 g/mol. The molecule has 0 amide bonds. The predicted octanol–water partition coefficient (Wildman–Crippen LogP) is 0.967. The zero-order valence-corrected chi connectivity index (χ0v) is 10.4. The Labute approximate surface area is 96.6 Å². The van der Waals surface area contributed by atoms with Crippen molar-refractivity contribution in [2.24, 2.45) is 5.73 Å². The van der Waals surface area contributed by atoms with Crippen LogP contribution >= 0.6 is 0 Å². The highest BCUT2D eigenvalue weighted by Gasteiger charge is 2.15. The van der Waals surface area contributed by atoms with E-state index in [1.807, 2.05) is 25.8 Å². The van der Waals surface area contributed by atoms with E-state index < -0.39 is 0 Å². The Hall–Kier alpha value is -1.36. The third kappa shape index (κ3) is 2.61. The molecule has 1 atom stereocenters. The standard InChI is InChI=1S/C11H20N4O/c1-5-16-11-9(3)10(13-7-14-11)15(4)8(2)6-12/h7-8H,5-6,12H2,1-4H3. The molecule has 1 aromatic heterocycles. The summed E-state index contributed by atoms with van der Waals surface area (Å²) in [5.41, 5.74) is 6.59. The largest absolute Gasteiger partial charge is 0.478 e. The smallest absolute Gasteiger partial charge is 0.221 e. The van der Waals surface area contributed by atoms with Crippen molar-refractivity contribution in [1.82, 2.24) is 9.97 Å². The first-order valence-electron chi connectivity index (χ1n) is 5.49. The van der Waals surface area contributed by atoms with Crippen LogP contribution in [0.4, 0.5) is 5.82 Å². The number of anilines is 1. The molecule has 5 heteroatoms. The van der Waals surface area contributed by atoms with Crippen molar-refractivity contribution >= 4 is 5.82 Å². The van der Waals surface area contributed by atoms with Crippen LogP contribution in [-0.4, -0.2) is 36.2 Å². The Balaban J connectivity index is 3.00. The fraction of sp³-hybridized carbons (Fsp3) is 0.636. The van der Waals surface area contributed by atoms with Crippen LogP contribution in [-0.2, 0) is 0 Å². The highest BCUT2D eigenvalue weighted by atomic mass is 16.5. The lowest BCUT2D eigenvalue weighted by molar-refractivity contribution is 0.323. The van der Waals surface area contributed by atoms with Crippen molar-refractivity contribution in [1.29, 1.82) is 0 Å². The normalized spacial score (nSPS) is 12.3. The van der Waals surface area contributed by atoms with Gasteiger partial charge >= 0.3 is 0 Å². The lowest BCUT2D eigenvalue weighted by Crippen LogP contribution is -2.36. The van der Waals surface area contributed by atoms with E-state index in [1.54, 1.807) is 0 Å². The van der Waals surface area contributed by atoms with Crippen LogP contribution in [0, 0.1) is 6.92 Å². The molecule has 0 radical (unpaired) electrons. The molecule has 16 heavy (non-hydrogen) atoms. The van der Waals surface area contributed by atoms with Gasteiger partial charge in [0, 0.05) is 19.6 Å². The van der Waals surface area contributed by atoms with E-state index in [0.717, 1.165) is 11.4 Å². The number of hydrogen-bond acceptors (Lipinski definition) is 5. The van der Waals surface area contributed by atoms with Crippen molar-refractivity contribution in [3.05, 3.63) is 11.9 Å². The monoisotopic (exact) mass is 224 g/mol. The summed E-state index contributed by atoms with van der Waals surface area (Å²) in [4.78, 5) is 10.4. The minimum atomic E-state index is 0.239. The second kappa shape index (κ2) is 5.65. The Morgan fingerprint density at radius 2 is 2.19 bits per heavy atom. The highest BCUT2D eigenvalue weighted by molar-refractivity contribution is 5.50. The number of nitrogens with two attached hydrogens (primary N) is 1. The summed E-state index contributed by atoms with van der Waals surface area (Å²) in [6.45, 7) is 7.15. The molecule has 0 aliphatic heterocycles. The first kappa shape index (κ1) is 12.7. The van der Waals surface area contributed by atoms with E-state index in [1.165, 1.54) is 6.33 Å². The third-order valence-electron chi connectivity index (χ3n) is 2.63. The van der Waals surface area contributed by atoms with Gasteiger partial charge in [0.1, 0.15) is 12.1 Å². The molecule has 0 fully saturated rings. The first-order chi connectivity index (χ1) is 7.61. The Kier molecular flexibility index (Phi) is 4.49. The minimum Gasteiger partial charge on any atom is -0.478 e. The van der Waals surface area contributed by atoms with Gasteiger partial charge in [0.25, 0.3) is 0 Å². The number of rotatable bonds is 5. The second-order valence-electron chi connectivity index (χ2n) is 3.76. The molecule has 0 saturated carbocycles. The summed E-state index contributed by atoms with van der Waals surface area (Å²) in [5, 5.41) is 0. The van der Waals surface area contributed by atoms with E-state index in [2.05, 4.69) is 16.9 Å². The lowest BCUT2D eigenvalue weighted by Gasteiger charge is -2.26. The van der Waals surface area contributed by atoms with E-state index >= 15 is 0 Å². The van der Waals surface area contributed by atoms with Gasteiger partial charge in [-0.3, -0.25) is 0 Å². The molecule has 1 rings (SSSR count). The number of aromatic nitrogens is 2. The molecule has 0 aliphatic carbocycles. The van der Waals surface area contributed by atoms with Crippen LogP contribution < -0.4 is 15.4 Å². The van der Waals surface area contributed by atoms with Crippen LogP contribution in [0.5, 0.6) is 5.88 Å². The van der Waals surface area contributed by atoms with Crippen molar-refractivity contribution < 1.29 is 4.74 Å². The van der Waals surface area contributed by atoms with Crippen LogP contribution in [0.15, 0.2) is 6.33 Å². The summed E-state index contributed by atoms with van der Waals surface area (Å²) in [6, 6.07) is 0.239. The van der Waals surface area contributed by atoms with Gasteiger partial charge in [-0.1, -0.05) is 0 Å². The van der Waals surface area contributed by atoms with Gasteiger partial charge in [0.05, 0.1) is 12.2 Å². The molecule has 0 aliphatic rings. The van der Waals surface area contributed by atoms with Crippen LogP contribution in [0.3, 0.4) is 0 Å². The maximum Gasteiger partial charge on any atom is 0.221 e. The Morgan fingerprint density at radius 3 is 2.75 bits per heavy atom. The zero-order chi connectivity index (χ0) is 12.1. The molecule has 90 valence electrons. The third-order valence-corrected chi connectivity index (χ3v) is 2.63. The highest BCUT2D eigenvalue weighted by Crippen LogP contribution is 2.23. The molecule has 2 N–H and O–H groups in total. The van der Waals surface area contributed by atoms with Crippen LogP contribution in [0.1, 0.15) is 19.4 Å². The number of ether oxygens (including phenoxy) is 1. The Morgan fingerprint density at radius 1 is 1.50 bits per heavy atom. The van der Waals surface area contributed by atoms with Crippen LogP contribution in [0.25, 0.3) is 0 Å². The Bertz CT molecular complexity index is 343. The summed E-state index contributed by atoms with van der Waals surface area (Å²) >= 11 is 0. The van der Waals surface area contributed by atoms with Crippen molar-refractivity contribution in [3.63, 3.8) is 0 Å². The fourth-order valence-corrected chi connectivity index (χ4v) is 1.43. The van der Waals surface area contributed by atoms with E-state index in [-0.39, 0.29) is 6.04 Å². The molecule has 1 aromatic rings. The molecule has 0 bridgehead atoms. The second-order valence-corrected chi connectivity index (χ2v) is 3.76. The molecule has 5 nitrogen and oxygen atoms in total. The van der Waals surface area contributed by atoms with E-state index in [0.29, 0.717) is 19.0 Å². The van der Waals surface area contributed by atoms with Gasteiger partial charge in [-0.2, -0.15) is 0 Å². The number of likely N-dealkylation sites (N-methyl/N-ethyl adjacent to an activating group) is 1. The average molecular weight is 224 g/mol. The molecule has 1 unspecified atom stereocenters. The van der Waals surface area contributed by atoms with Gasteiger partial charge in [0.2, 0.25) is 5.88 Å². The zero-order valence-electron chi connectivity index (χ0n) is 10.4. The maximum absolute atomic E-state index is 5.64. The average Bonchev–Trinajstić information content (AvgIpc) is 2.30. The van der Waals surface area contributed by atoms with Crippen molar-refractivity contribution in [2.45, 2.75) is 26.8 Å². The van der Waals surface area contributed by atoms with Crippen molar-refractivity contribution in [3.8, 4) is 5.88 Å². The summed E-state index contributed by atoms with van der Waals surface area (Å²) in [6.07, 6.45) is 1.52. The van der Waals surface area contributed by atoms with Crippen molar-refractivity contribution in [2.75, 3.05) is 25.1 Å². The molecule has 0 aromatic carbocycles. The topological polar surface area (TPSA) is 64.3 Å². The van der Waals surface area contributed by atoms with Crippen LogP contribution in [0.2, 0.25) is 0 Å². The van der Waals surface area contributed by atoms with Gasteiger partial charge in [0.15, 0.2) is 0 Å². The summed E-state index contributed by atoms with van der Waals surface area (Å²) in [7, 11) is 1.97. The van der Waals surface area contributed by atoms with E-state index in [4.69, 9.17) is 10.5 Å². The quantitative estimate of drug-likeness (QED) is 0.807. The number of nitrogens with zero attached hydrogens (tertiary/aromatic N) is 3. The lowest BCUT2D eigenvalue weighted by atomic mass is 10.2. The molecule has 0 spiro atoms. The van der Waals surface area contributed by atoms with Gasteiger partial charge < -0.3 is 15.4 Å². The predicted molar refractivity (Wildman–Crippen MR) is 64.9 cm³/mol. The van der Waals surface area contributed by atoms with Gasteiger partial charge in [-0.05, 0) is 20.8 Å². The SMILES string of the molecule is CCOc1ncnc(N(C)C(C)CN)c1C. The fourth-order valence-electron chi connectivity index (χ4n) is 1.43. The first-order valence-corrected chi connectivity index (χ1v) is 5.49. The number of hydrogen-bond donors (Lipinski definition) is 1. The van der Waals surface area contributed by atoms with Gasteiger partial charge in [-0.15, -0.1) is 0 Å². The summed E-state index contributed by atoms with van der Waals surface area (Å²) in [5.74, 6) is 1.51. The molecular formula is C11H20N4O. The minimum absolute atomic E-state index is 0.239. The maximum atomic E-state index is 5.64. The molecule has 1 heterocycles. The summed E-state index contributed by atoms with van der Waals surface area (Å²) < 4.78 is 5.43.